The van der Waals surface area contributed by atoms with Gasteiger partial charge < -0.3 is 15.2 Å². The first-order chi connectivity index (χ1) is 10.3. The van der Waals surface area contributed by atoms with Gasteiger partial charge in [-0.1, -0.05) is 18.2 Å². The van der Waals surface area contributed by atoms with Crippen LogP contribution >= 0.6 is 0 Å². The summed E-state index contributed by atoms with van der Waals surface area (Å²) >= 11 is 0. The molecular weight excluding hydrogens is 266 g/mol. The summed E-state index contributed by atoms with van der Waals surface area (Å²) in [7, 11) is 0. The van der Waals surface area contributed by atoms with Gasteiger partial charge in [-0.15, -0.1) is 0 Å². The van der Waals surface area contributed by atoms with E-state index in [1.54, 1.807) is 12.3 Å². The zero-order valence-electron chi connectivity index (χ0n) is 11.8. The van der Waals surface area contributed by atoms with Gasteiger partial charge >= 0.3 is 0 Å². The van der Waals surface area contributed by atoms with Crippen molar-refractivity contribution in [3.05, 3.63) is 48.2 Å². The van der Waals surface area contributed by atoms with Gasteiger partial charge in [0.15, 0.2) is 11.5 Å². The van der Waals surface area contributed by atoms with Crippen molar-refractivity contribution in [2.75, 3.05) is 11.9 Å². The number of benzene rings is 2. The summed E-state index contributed by atoms with van der Waals surface area (Å²) in [4.78, 5) is 0. The Balaban J connectivity index is 1.82. The minimum atomic E-state index is 0.186. The normalized spacial score (nSPS) is 10.7. The van der Waals surface area contributed by atoms with Crippen LogP contribution in [0.25, 0.3) is 10.9 Å². The lowest BCUT2D eigenvalue weighted by atomic mass is 10.1. The number of para-hydroxylation sites is 1. The molecule has 21 heavy (non-hydrogen) atoms. The lowest BCUT2D eigenvalue weighted by Crippen LogP contribution is -2.01. The molecule has 0 aliphatic rings. The Morgan fingerprint density at radius 3 is 2.95 bits per heavy atom. The number of rotatable bonds is 5. The highest BCUT2D eigenvalue weighted by atomic mass is 16.5. The molecular formula is C16H17N3O2. The fourth-order valence-electron chi connectivity index (χ4n) is 2.30. The SMILES string of the molecule is CCOc1cccc(CNc2cccc3[nH]ncc23)c1O. The number of nitrogens with zero attached hydrogens (tertiary/aromatic N) is 1. The molecule has 3 aromatic rings. The van der Waals surface area contributed by atoms with Crippen LogP contribution in [0.1, 0.15) is 12.5 Å². The van der Waals surface area contributed by atoms with Crippen molar-refractivity contribution in [2.45, 2.75) is 13.5 Å². The molecule has 2 aromatic carbocycles. The lowest BCUT2D eigenvalue weighted by Gasteiger charge is -2.12. The first kappa shape index (κ1) is 13.3. The zero-order valence-corrected chi connectivity index (χ0v) is 11.8. The summed E-state index contributed by atoms with van der Waals surface area (Å²) in [5.41, 5.74) is 2.75. The number of ether oxygens (including phenoxy) is 1. The minimum Gasteiger partial charge on any atom is -0.504 e. The number of hydrogen-bond acceptors (Lipinski definition) is 4. The highest BCUT2D eigenvalue weighted by Crippen LogP contribution is 2.31. The monoisotopic (exact) mass is 283 g/mol. The van der Waals surface area contributed by atoms with E-state index in [1.807, 2.05) is 37.3 Å². The van der Waals surface area contributed by atoms with Gasteiger partial charge in [0, 0.05) is 23.2 Å². The Labute approximate surface area is 122 Å². The Kier molecular flexibility index (Phi) is 3.64. The minimum absolute atomic E-state index is 0.186. The molecule has 0 atom stereocenters. The largest absolute Gasteiger partial charge is 0.504 e. The third-order valence-corrected chi connectivity index (χ3v) is 3.34. The second-order valence-electron chi connectivity index (χ2n) is 4.69. The van der Waals surface area contributed by atoms with Crippen molar-refractivity contribution in [1.29, 1.82) is 0 Å². The number of nitrogens with one attached hydrogen (secondary N) is 2. The molecule has 1 aromatic heterocycles. The number of phenolic OH excluding ortho intramolecular Hbond substituents is 1. The molecule has 0 aliphatic heterocycles. The van der Waals surface area contributed by atoms with Crippen LogP contribution < -0.4 is 10.1 Å². The number of aromatic hydroxyl groups is 1. The second-order valence-corrected chi connectivity index (χ2v) is 4.69. The van der Waals surface area contributed by atoms with Crippen LogP contribution in [0.2, 0.25) is 0 Å². The second kappa shape index (κ2) is 5.75. The van der Waals surface area contributed by atoms with Crippen molar-refractivity contribution in [3.8, 4) is 11.5 Å². The van der Waals surface area contributed by atoms with E-state index in [9.17, 15) is 5.11 Å². The predicted molar refractivity (Wildman–Crippen MR) is 82.7 cm³/mol. The number of phenols is 1. The maximum Gasteiger partial charge on any atom is 0.162 e. The van der Waals surface area contributed by atoms with E-state index >= 15 is 0 Å². The molecule has 5 nitrogen and oxygen atoms in total. The van der Waals surface area contributed by atoms with Crippen molar-refractivity contribution in [1.82, 2.24) is 10.2 Å². The third-order valence-electron chi connectivity index (χ3n) is 3.34. The summed E-state index contributed by atoms with van der Waals surface area (Å²) in [6.07, 6.45) is 1.79. The first-order valence-electron chi connectivity index (χ1n) is 6.89. The average molecular weight is 283 g/mol. The summed E-state index contributed by atoms with van der Waals surface area (Å²) < 4.78 is 5.39. The highest BCUT2D eigenvalue weighted by Gasteiger charge is 2.08. The Hall–Kier alpha value is -2.69. The van der Waals surface area contributed by atoms with Crippen LogP contribution in [-0.4, -0.2) is 21.9 Å². The van der Waals surface area contributed by atoms with Crippen LogP contribution in [0.15, 0.2) is 42.6 Å². The van der Waals surface area contributed by atoms with Crippen LogP contribution in [-0.2, 0) is 6.54 Å². The van der Waals surface area contributed by atoms with E-state index in [1.165, 1.54) is 0 Å². The first-order valence-corrected chi connectivity index (χ1v) is 6.89. The van der Waals surface area contributed by atoms with E-state index < -0.39 is 0 Å². The molecule has 0 unspecified atom stereocenters. The standard InChI is InChI=1S/C16H17N3O2/c1-2-21-15-8-3-5-11(16(15)20)9-17-13-6-4-7-14-12(13)10-18-19-14/h3-8,10,17,20H,2,9H2,1H3,(H,18,19). The lowest BCUT2D eigenvalue weighted by molar-refractivity contribution is 0.317. The molecule has 0 radical (unpaired) electrons. The molecule has 0 saturated carbocycles. The van der Waals surface area contributed by atoms with Gasteiger partial charge in [-0.25, -0.2) is 0 Å². The fourth-order valence-corrected chi connectivity index (χ4v) is 2.30. The van der Waals surface area contributed by atoms with E-state index in [0.717, 1.165) is 22.2 Å². The van der Waals surface area contributed by atoms with Gasteiger partial charge in [0.2, 0.25) is 0 Å². The Morgan fingerprint density at radius 2 is 2.10 bits per heavy atom. The summed E-state index contributed by atoms with van der Waals surface area (Å²) in [6, 6.07) is 11.4. The molecule has 108 valence electrons. The third kappa shape index (κ3) is 2.63. The summed E-state index contributed by atoms with van der Waals surface area (Å²) in [5, 5.41) is 21.5. The van der Waals surface area contributed by atoms with Gasteiger partial charge in [-0.2, -0.15) is 5.10 Å². The van der Waals surface area contributed by atoms with Crippen LogP contribution in [0.4, 0.5) is 5.69 Å². The molecule has 0 amide bonds. The van der Waals surface area contributed by atoms with Gasteiger partial charge in [0.25, 0.3) is 0 Å². The molecule has 1 heterocycles. The van der Waals surface area contributed by atoms with E-state index in [-0.39, 0.29) is 5.75 Å². The Morgan fingerprint density at radius 1 is 1.24 bits per heavy atom. The molecule has 0 spiro atoms. The fraction of sp³-hybridized carbons (Fsp3) is 0.188. The van der Waals surface area contributed by atoms with Crippen molar-refractivity contribution >= 4 is 16.6 Å². The average Bonchev–Trinajstić information content (AvgIpc) is 2.97. The molecule has 0 saturated heterocycles. The quantitative estimate of drug-likeness (QED) is 0.672. The maximum atomic E-state index is 10.2. The van der Waals surface area contributed by atoms with Crippen molar-refractivity contribution < 1.29 is 9.84 Å². The van der Waals surface area contributed by atoms with E-state index in [4.69, 9.17) is 4.74 Å². The molecule has 3 N–H and O–H groups in total. The highest BCUT2D eigenvalue weighted by molar-refractivity contribution is 5.90. The van der Waals surface area contributed by atoms with E-state index in [0.29, 0.717) is 18.9 Å². The van der Waals surface area contributed by atoms with Gasteiger partial charge in [-0.3, -0.25) is 5.10 Å². The van der Waals surface area contributed by atoms with Crippen LogP contribution in [0, 0.1) is 0 Å². The summed E-state index contributed by atoms with van der Waals surface area (Å²) in [5.74, 6) is 0.699. The smallest absolute Gasteiger partial charge is 0.162 e. The molecule has 3 rings (SSSR count). The number of fused-ring (bicyclic) bond motifs is 1. The number of hydrogen-bond donors (Lipinski definition) is 3. The van der Waals surface area contributed by atoms with Gasteiger partial charge in [-0.05, 0) is 25.1 Å². The molecule has 5 heteroatoms. The Bertz CT molecular complexity index is 752. The molecule has 0 aliphatic carbocycles. The summed E-state index contributed by atoms with van der Waals surface area (Å²) in [6.45, 7) is 2.93. The van der Waals surface area contributed by atoms with E-state index in [2.05, 4.69) is 15.5 Å². The number of H-pyrrole nitrogens is 1. The van der Waals surface area contributed by atoms with Gasteiger partial charge in [0.05, 0.1) is 18.3 Å². The number of anilines is 1. The predicted octanol–water partition coefficient (Wildman–Crippen LogP) is 3.28. The maximum absolute atomic E-state index is 10.2. The molecule has 0 bridgehead atoms. The topological polar surface area (TPSA) is 70.2 Å². The molecule has 0 fully saturated rings. The van der Waals surface area contributed by atoms with Crippen molar-refractivity contribution in [2.24, 2.45) is 0 Å². The zero-order chi connectivity index (χ0) is 14.7. The van der Waals surface area contributed by atoms with Crippen LogP contribution in [0.5, 0.6) is 11.5 Å². The number of aromatic amines is 1. The van der Waals surface area contributed by atoms with Crippen molar-refractivity contribution in [3.63, 3.8) is 0 Å². The van der Waals surface area contributed by atoms with Crippen LogP contribution in [0.3, 0.4) is 0 Å². The van der Waals surface area contributed by atoms with Gasteiger partial charge in [0.1, 0.15) is 0 Å². The number of aromatic nitrogens is 2.